The second kappa shape index (κ2) is 5.75. The summed E-state index contributed by atoms with van der Waals surface area (Å²) >= 11 is 0. The molecule has 1 aromatic carbocycles. The zero-order chi connectivity index (χ0) is 15.7. The van der Waals surface area contributed by atoms with Crippen LogP contribution in [0.4, 0.5) is 4.39 Å². The van der Waals surface area contributed by atoms with E-state index in [0.29, 0.717) is 37.6 Å². The predicted molar refractivity (Wildman–Crippen MR) is 75.0 cm³/mol. The van der Waals surface area contributed by atoms with E-state index in [0.717, 1.165) is 0 Å². The van der Waals surface area contributed by atoms with Crippen LogP contribution in [-0.2, 0) is 0 Å². The van der Waals surface area contributed by atoms with Gasteiger partial charge in [-0.3, -0.25) is 4.79 Å². The lowest BCUT2D eigenvalue weighted by molar-refractivity contribution is 0.0696. The van der Waals surface area contributed by atoms with E-state index in [-0.39, 0.29) is 17.2 Å². The number of hydrogen-bond donors (Lipinski definition) is 1. The molecular weight excluding hydrogens is 289 g/mol. The number of aromatic hydroxyl groups is 1. The van der Waals surface area contributed by atoms with Crippen molar-refractivity contribution in [3.05, 3.63) is 41.3 Å². The van der Waals surface area contributed by atoms with Gasteiger partial charge >= 0.3 is 0 Å². The molecular formula is C15H16FN3O3. The number of likely N-dealkylation sites (tertiary alicyclic amines) is 1. The average Bonchev–Trinajstić information content (AvgIpc) is 2.94. The van der Waals surface area contributed by atoms with Crippen molar-refractivity contribution < 1.29 is 18.8 Å². The minimum Gasteiger partial charge on any atom is -0.507 e. The van der Waals surface area contributed by atoms with Gasteiger partial charge in [0.25, 0.3) is 5.91 Å². The smallest absolute Gasteiger partial charge is 0.260 e. The number of nitrogens with zero attached hydrogens (tertiary/aromatic N) is 3. The maximum atomic E-state index is 13.8. The van der Waals surface area contributed by atoms with E-state index < -0.39 is 11.7 Å². The summed E-state index contributed by atoms with van der Waals surface area (Å²) in [5, 5.41) is 13.5. The summed E-state index contributed by atoms with van der Waals surface area (Å²) in [5.74, 6) is -0.252. The van der Waals surface area contributed by atoms with Gasteiger partial charge in [0, 0.05) is 19.0 Å². The molecule has 2 aromatic rings. The van der Waals surface area contributed by atoms with Gasteiger partial charge in [-0.2, -0.15) is 4.98 Å². The topological polar surface area (TPSA) is 79.5 Å². The Hall–Kier alpha value is -2.44. The second-order valence-corrected chi connectivity index (χ2v) is 5.38. The Morgan fingerprint density at radius 2 is 2.14 bits per heavy atom. The van der Waals surface area contributed by atoms with Gasteiger partial charge in [-0.1, -0.05) is 11.2 Å². The number of benzene rings is 1. The van der Waals surface area contributed by atoms with E-state index in [2.05, 4.69) is 10.1 Å². The molecule has 1 N–H and O–H groups in total. The van der Waals surface area contributed by atoms with Crippen LogP contribution in [-0.4, -0.2) is 39.1 Å². The van der Waals surface area contributed by atoms with Crippen molar-refractivity contribution in [3.63, 3.8) is 0 Å². The Kier molecular flexibility index (Phi) is 3.79. The summed E-state index contributed by atoms with van der Waals surface area (Å²) in [6, 6.07) is 3.84. The molecule has 0 radical (unpaired) electrons. The largest absolute Gasteiger partial charge is 0.507 e. The molecule has 1 aromatic heterocycles. The van der Waals surface area contributed by atoms with Crippen LogP contribution in [0.5, 0.6) is 5.75 Å². The fourth-order valence-corrected chi connectivity index (χ4v) is 2.69. The van der Waals surface area contributed by atoms with Gasteiger partial charge in [0.1, 0.15) is 17.1 Å². The number of carbonyl (C=O) groups is 1. The van der Waals surface area contributed by atoms with Crippen molar-refractivity contribution in [3.8, 4) is 5.75 Å². The van der Waals surface area contributed by atoms with Gasteiger partial charge in [0.05, 0.1) is 0 Å². The summed E-state index contributed by atoms with van der Waals surface area (Å²) < 4.78 is 18.9. The molecule has 0 atom stereocenters. The SMILES string of the molecule is Cc1noc(C2CCN(C(=O)c3c(O)cccc3F)CC2)n1. The van der Waals surface area contributed by atoms with Crippen LogP contribution >= 0.6 is 0 Å². The maximum absolute atomic E-state index is 13.8. The molecule has 6 nitrogen and oxygen atoms in total. The first-order valence-electron chi connectivity index (χ1n) is 7.13. The van der Waals surface area contributed by atoms with Crippen molar-refractivity contribution in [2.45, 2.75) is 25.7 Å². The number of carbonyl (C=O) groups excluding carboxylic acids is 1. The van der Waals surface area contributed by atoms with Crippen LogP contribution < -0.4 is 0 Å². The van der Waals surface area contributed by atoms with Crippen LogP contribution in [0.15, 0.2) is 22.7 Å². The second-order valence-electron chi connectivity index (χ2n) is 5.38. The van der Waals surface area contributed by atoms with Gasteiger partial charge in [0.2, 0.25) is 5.89 Å². The summed E-state index contributed by atoms with van der Waals surface area (Å²) in [7, 11) is 0. The highest BCUT2D eigenvalue weighted by Gasteiger charge is 2.29. The lowest BCUT2D eigenvalue weighted by Gasteiger charge is -2.30. The van der Waals surface area contributed by atoms with E-state index in [4.69, 9.17) is 4.52 Å². The highest BCUT2D eigenvalue weighted by molar-refractivity contribution is 5.97. The number of phenolic OH excluding ortho intramolecular Hbond substituents is 1. The van der Waals surface area contributed by atoms with Crippen molar-refractivity contribution >= 4 is 5.91 Å². The first-order valence-corrected chi connectivity index (χ1v) is 7.13. The first-order chi connectivity index (χ1) is 10.6. The number of phenols is 1. The molecule has 2 heterocycles. The number of halogens is 1. The fourth-order valence-electron chi connectivity index (χ4n) is 2.69. The lowest BCUT2D eigenvalue weighted by Crippen LogP contribution is -2.38. The normalized spacial score (nSPS) is 16.0. The van der Waals surface area contributed by atoms with Gasteiger partial charge in [0.15, 0.2) is 5.82 Å². The Morgan fingerprint density at radius 3 is 2.73 bits per heavy atom. The summed E-state index contributed by atoms with van der Waals surface area (Å²) in [4.78, 5) is 18.1. The van der Waals surface area contributed by atoms with Crippen LogP contribution in [0.25, 0.3) is 0 Å². The molecule has 1 aliphatic heterocycles. The Labute approximate surface area is 126 Å². The number of rotatable bonds is 2. The zero-order valence-corrected chi connectivity index (χ0v) is 12.1. The zero-order valence-electron chi connectivity index (χ0n) is 12.1. The molecule has 3 rings (SSSR count). The molecule has 0 spiro atoms. The van der Waals surface area contributed by atoms with E-state index in [1.807, 2.05) is 0 Å². The van der Waals surface area contributed by atoms with Crippen LogP contribution in [0.1, 0.15) is 40.8 Å². The molecule has 22 heavy (non-hydrogen) atoms. The van der Waals surface area contributed by atoms with Crippen LogP contribution in [0.3, 0.4) is 0 Å². The maximum Gasteiger partial charge on any atom is 0.260 e. The van der Waals surface area contributed by atoms with Gasteiger partial charge in [-0.15, -0.1) is 0 Å². The van der Waals surface area contributed by atoms with Crippen molar-refractivity contribution in [1.82, 2.24) is 15.0 Å². The molecule has 1 fully saturated rings. The van der Waals surface area contributed by atoms with Crippen molar-refractivity contribution in [2.24, 2.45) is 0 Å². The third kappa shape index (κ3) is 2.66. The lowest BCUT2D eigenvalue weighted by atomic mass is 9.96. The third-order valence-corrected chi connectivity index (χ3v) is 3.88. The minimum absolute atomic E-state index is 0.111. The molecule has 1 amide bonds. The molecule has 0 unspecified atom stereocenters. The molecule has 1 aliphatic rings. The first kappa shape index (κ1) is 14.5. The Balaban J connectivity index is 1.70. The van der Waals surface area contributed by atoms with Crippen LogP contribution in [0.2, 0.25) is 0 Å². The van der Waals surface area contributed by atoms with Crippen molar-refractivity contribution in [1.29, 1.82) is 0 Å². The summed E-state index contributed by atoms with van der Waals surface area (Å²) in [5.41, 5.74) is -0.269. The quantitative estimate of drug-likeness (QED) is 0.920. The molecule has 116 valence electrons. The van der Waals surface area contributed by atoms with Gasteiger partial charge < -0.3 is 14.5 Å². The number of hydrogen-bond acceptors (Lipinski definition) is 5. The highest BCUT2D eigenvalue weighted by atomic mass is 19.1. The average molecular weight is 305 g/mol. The number of amides is 1. The standard InChI is InChI=1S/C15H16FN3O3/c1-9-17-14(22-18-9)10-5-7-19(8-6-10)15(21)13-11(16)3-2-4-12(13)20/h2-4,10,20H,5-8H2,1H3. The number of piperidine rings is 1. The van der Waals surface area contributed by atoms with Crippen LogP contribution in [0, 0.1) is 12.7 Å². The molecule has 0 bridgehead atoms. The number of aromatic nitrogens is 2. The molecule has 1 saturated heterocycles. The third-order valence-electron chi connectivity index (χ3n) is 3.88. The van der Waals surface area contributed by atoms with E-state index in [9.17, 15) is 14.3 Å². The molecule has 7 heteroatoms. The molecule has 0 aliphatic carbocycles. The van der Waals surface area contributed by atoms with E-state index in [1.165, 1.54) is 23.1 Å². The summed E-state index contributed by atoms with van der Waals surface area (Å²) in [6.07, 6.45) is 1.34. The number of aryl methyl sites for hydroxylation is 1. The van der Waals surface area contributed by atoms with Gasteiger partial charge in [-0.05, 0) is 31.9 Å². The highest BCUT2D eigenvalue weighted by Crippen LogP contribution is 2.29. The Bertz CT molecular complexity index is 673. The summed E-state index contributed by atoms with van der Waals surface area (Å²) in [6.45, 7) is 2.67. The minimum atomic E-state index is -0.709. The monoisotopic (exact) mass is 305 g/mol. The Morgan fingerprint density at radius 1 is 1.41 bits per heavy atom. The molecule has 0 saturated carbocycles. The fraction of sp³-hybridized carbons (Fsp3) is 0.400. The van der Waals surface area contributed by atoms with E-state index >= 15 is 0 Å². The predicted octanol–water partition coefficient (Wildman–Crippen LogP) is 2.24. The van der Waals surface area contributed by atoms with Crippen molar-refractivity contribution in [2.75, 3.05) is 13.1 Å². The van der Waals surface area contributed by atoms with Gasteiger partial charge in [-0.25, -0.2) is 4.39 Å². The van der Waals surface area contributed by atoms with E-state index in [1.54, 1.807) is 6.92 Å².